The molecule has 5 atom stereocenters. The lowest BCUT2D eigenvalue weighted by Gasteiger charge is -2.27. The monoisotopic (exact) mass is 742 g/mol. The van der Waals surface area contributed by atoms with Crippen molar-refractivity contribution in [2.75, 3.05) is 26.2 Å². The van der Waals surface area contributed by atoms with Crippen molar-refractivity contribution in [2.24, 2.45) is 38.7 Å². The number of nitrogens with zero attached hydrogens (tertiary/aromatic N) is 3. The number of hydrogen-bond donors (Lipinski definition) is 12. The lowest BCUT2D eigenvalue weighted by atomic mass is 10.1. The summed E-state index contributed by atoms with van der Waals surface area (Å²) in [4.78, 5) is 108. The molecule has 52 heavy (non-hydrogen) atoms. The van der Waals surface area contributed by atoms with Crippen LogP contribution >= 0.6 is 0 Å². The Morgan fingerprint density at radius 1 is 0.692 bits per heavy atom. The number of amides is 5. The number of aliphatic carboxylic acids is 3. The van der Waals surface area contributed by atoms with E-state index in [-0.39, 0.29) is 76.5 Å². The number of rotatable bonds is 24. The summed E-state index contributed by atoms with van der Waals surface area (Å²) in [7, 11) is 0. The van der Waals surface area contributed by atoms with Gasteiger partial charge in [0, 0.05) is 32.5 Å². The van der Waals surface area contributed by atoms with Crippen molar-refractivity contribution in [1.82, 2.24) is 26.2 Å². The number of nitrogens with one attached hydrogen (secondary N) is 4. The highest BCUT2D eigenvalue weighted by Crippen LogP contribution is 2.18. The lowest BCUT2D eigenvalue weighted by Crippen LogP contribution is -2.56. The molecule has 1 rings (SSSR count). The van der Waals surface area contributed by atoms with E-state index < -0.39 is 97.0 Å². The Kier molecular flexibility index (Phi) is 19.5. The average Bonchev–Trinajstić information content (AvgIpc) is 3.56. The average molecular weight is 743 g/mol. The van der Waals surface area contributed by atoms with Crippen LogP contribution in [0.2, 0.25) is 0 Å². The third kappa shape index (κ3) is 17.3. The van der Waals surface area contributed by atoms with Crippen LogP contribution in [0.5, 0.6) is 0 Å². The summed E-state index contributed by atoms with van der Waals surface area (Å²) in [5.41, 5.74) is 26.9. The molecule has 292 valence electrons. The minimum atomic E-state index is -1.43. The van der Waals surface area contributed by atoms with Gasteiger partial charge in [0.25, 0.3) is 0 Å². The summed E-state index contributed by atoms with van der Waals surface area (Å²) in [5.74, 6) is -8.22. The van der Waals surface area contributed by atoms with Crippen molar-refractivity contribution in [3.05, 3.63) is 0 Å². The number of hydrogen-bond acceptors (Lipinski definition) is 11. The van der Waals surface area contributed by atoms with Gasteiger partial charge in [-0.3, -0.25) is 43.5 Å². The van der Waals surface area contributed by atoms with Crippen LogP contribution in [0.25, 0.3) is 0 Å². The van der Waals surface area contributed by atoms with Gasteiger partial charge in [0.1, 0.15) is 24.2 Å². The van der Waals surface area contributed by atoms with E-state index in [2.05, 4.69) is 31.3 Å². The first-order valence-corrected chi connectivity index (χ1v) is 16.4. The number of guanidine groups is 2. The lowest BCUT2D eigenvalue weighted by molar-refractivity contribution is -0.143. The van der Waals surface area contributed by atoms with Crippen LogP contribution in [0.1, 0.15) is 64.2 Å². The first-order chi connectivity index (χ1) is 24.4. The number of aliphatic imine (C=N–C) groups is 2. The summed E-state index contributed by atoms with van der Waals surface area (Å²) in [5, 5.41) is 37.1. The van der Waals surface area contributed by atoms with Crippen molar-refractivity contribution in [3.8, 4) is 0 Å². The Hall–Kier alpha value is -5.74. The predicted molar refractivity (Wildman–Crippen MR) is 183 cm³/mol. The van der Waals surface area contributed by atoms with Crippen LogP contribution in [0, 0.1) is 0 Å². The molecular weight excluding hydrogens is 692 g/mol. The third-order valence-electron chi connectivity index (χ3n) is 7.71. The van der Waals surface area contributed by atoms with Gasteiger partial charge < -0.3 is 70.2 Å². The second-order valence-electron chi connectivity index (χ2n) is 11.9. The molecular formula is C29H50N12O11. The van der Waals surface area contributed by atoms with E-state index in [1.807, 2.05) is 0 Å². The molecule has 0 radical (unpaired) electrons. The quantitative estimate of drug-likeness (QED) is 0.0250. The molecule has 0 bridgehead atoms. The van der Waals surface area contributed by atoms with Crippen LogP contribution in [0.4, 0.5) is 0 Å². The zero-order valence-electron chi connectivity index (χ0n) is 28.6. The molecule has 17 N–H and O–H groups in total. The van der Waals surface area contributed by atoms with E-state index in [4.69, 9.17) is 38.9 Å². The van der Waals surface area contributed by atoms with Crippen LogP contribution in [-0.4, -0.2) is 136 Å². The number of carboxylic acids is 3. The molecule has 0 saturated carbocycles. The summed E-state index contributed by atoms with van der Waals surface area (Å²) < 4.78 is 0. The number of nitrogens with two attached hydrogens (primary N) is 5. The second kappa shape index (κ2) is 22.9. The molecule has 0 spiro atoms. The highest BCUT2D eigenvalue weighted by molar-refractivity contribution is 5.95. The summed E-state index contributed by atoms with van der Waals surface area (Å²) in [6.07, 6.45) is -0.580. The summed E-state index contributed by atoms with van der Waals surface area (Å²) in [6, 6.07) is -6.38. The molecule has 23 heteroatoms. The molecule has 0 aliphatic carbocycles. The largest absolute Gasteiger partial charge is 0.481 e. The molecule has 1 fully saturated rings. The summed E-state index contributed by atoms with van der Waals surface area (Å²) >= 11 is 0. The molecule has 0 aromatic carbocycles. The van der Waals surface area contributed by atoms with Crippen LogP contribution in [0.3, 0.4) is 0 Å². The van der Waals surface area contributed by atoms with E-state index in [0.717, 1.165) is 0 Å². The molecule has 0 aromatic rings. The fourth-order valence-electron chi connectivity index (χ4n) is 5.02. The fourth-order valence-corrected chi connectivity index (χ4v) is 5.02. The smallest absolute Gasteiger partial charge is 0.326 e. The maximum Gasteiger partial charge on any atom is 0.326 e. The van der Waals surface area contributed by atoms with E-state index >= 15 is 0 Å². The zero-order chi connectivity index (χ0) is 39.4. The van der Waals surface area contributed by atoms with E-state index in [0.29, 0.717) is 6.42 Å². The highest BCUT2D eigenvalue weighted by atomic mass is 16.4. The van der Waals surface area contributed by atoms with Crippen molar-refractivity contribution in [2.45, 2.75) is 94.4 Å². The van der Waals surface area contributed by atoms with Crippen LogP contribution < -0.4 is 49.9 Å². The van der Waals surface area contributed by atoms with Crippen LogP contribution in [0.15, 0.2) is 9.98 Å². The normalized spacial score (nSPS) is 15.9. The van der Waals surface area contributed by atoms with Crippen molar-refractivity contribution < 1.29 is 53.7 Å². The fraction of sp³-hybridized carbons (Fsp3) is 0.655. The van der Waals surface area contributed by atoms with Gasteiger partial charge in [0.05, 0.1) is 12.6 Å². The Bertz CT molecular complexity index is 1350. The number of carboxylic acid groups (broad SMARTS) is 3. The number of carbonyl (C=O) groups is 8. The SMILES string of the molecule is NC(N)=NCCC[C@H](NC(=O)[C@H](CCCN=C(N)N)NC(=O)[C@@H]1CCCN1C(=O)CNC(=O)[C@H](CCC(=O)O)NC(=O)[C@@H](N)CCC(=O)O)C(=O)O. The van der Waals surface area contributed by atoms with Gasteiger partial charge in [-0.05, 0) is 51.4 Å². The van der Waals surface area contributed by atoms with Gasteiger partial charge >= 0.3 is 17.9 Å². The van der Waals surface area contributed by atoms with Crippen molar-refractivity contribution >= 4 is 59.4 Å². The third-order valence-corrected chi connectivity index (χ3v) is 7.71. The molecule has 5 amide bonds. The van der Waals surface area contributed by atoms with E-state index in [9.17, 15) is 43.5 Å². The highest BCUT2D eigenvalue weighted by Gasteiger charge is 2.37. The van der Waals surface area contributed by atoms with Crippen LogP contribution in [-0.2, 0) is 38.4 Å². The Morgan fingerprint density at radius 2 is 1.21 bits per heavy atom. The van der Waals surface area contributed by atoms with Crippen molar-refractivity contribution in [3.63, 3.8) is 0 Å². The standard InChI is InChI=1S/C29H50N12O11/c30-15(7-9-21(43)44)23(47)38-17(8-10-22(45)46)24(48)37-14-20(42)41-13-3-6-19(41)26(50)39-16(4-1-11-35-28(31)32)25(49)40-18(27(51)52)5-2-12-36-29(33)34/h15-19H,1-14,30H2,(H,37,48)(H,38,47)(H,39,50)(H,40,49)(H,43,44)(H,45,46)(H,51,52)(H4,31,32,35)(H4,33,34,36)/t15-,16-,17-,18-,19-/m0/s1. The van der Waals surface area contributed by atoms with Gasteiger partial charge in [-0.1, -0.05) is 0 Å². The maximum absolute atomic E-state index is 13.4. The second-order valence-corrected chi connectivity index (χ2v) is 11.9. The molecule has 1 aliphatic heterocycles. The first kappa shape index (κ1) is 44.3. The van der Waals surface area contributed by atoms with Gasteiger partial charge in [0.2, 0.25) is 29.5 Å². The Morgan fingerprint density at radius 3 is 1.75 bits per heavy atom. The molecule has 1 aliphatic rings. The Labute approximate surface area is 298 Å². The minimum absolute atomic E-state index is 0.00513. The van der Waals surface area contributed by atoms with Gasteiger partial charge in [-0.15, -0.1) is 0 Å². The van der Waals surface area contributed by atoms with Crippen molar-refractivity contribution in [1.29, 1.82) is 0 Å². The predicted octanol–water partition coefficient (Wildman–Crippen LogP) is -5.20. The van der Waals surface area contributed by atoms with Gasteiger partial charge in [0.15, 0.2) is 11.9 Å². The molecule has 1 saturated heterocycles. The number of likely N-dealkylation sites (tertiary alicyclic amines) is 1. The molecule has 0 unspecified atom stereocenters. The zero-order valence-corrected chi connectivity index (χ0v) is 28.6. The topological polar surface area (TPSA) is 403 Å². The molecule has 1 heterocycles. The molecule has 0 aromatic heterocycles. The first-order valence-electron chi connectivity index (χ1n) is 16.4. The summed E-state index contributed by atoms with van der Waals surface area (Å²) in [6.45, 7) is -0.315. The maximum atomic E-state index is 13.4. The van der Waals surface area contributed by atoms with Gasteiger partial charge in [-0.2, -0.15) is 0 Å². The Balaban J connectivity index is 2.99. The van der Waals surface area contributed by atoms with Gasteiger partial charge in [-0.25, -0.2) is 4.79 Å². The minimum Gasteiger partial charge on any atom is -0.481 e. The molecule has 23 nitrogen and oxygen atoms in total. The number of carbonyl (C=O) groups excluding carboxylic acids is 5. The van der Waals surface area contributed by atoms with E-state index in [1.54, 1.807) is 0 Å². The van der Waals surface area contributed by atoms with E-state index in [1.165, 1.54) is 4.90 Å².